The third-order valence-corrected chi connectivity index (χ3v) is 19.4. The summed E-state index contributed by atoms with van der Waals surface area (Å²) in [5.41, 5.74) is 22.1. The van der Waals surface area contributed by atoms with Crippen molar-refractivity contribution in [3.63, 3.8) is 0 Å². The van der Waals surface area contributed by atoms with E-state index < -0.39 is 0 Å². The molecule has 0 saturated heterocycles. The van der Waals surface area contributed by atoms with Gasteiger partial charge in [-0.2, -0.15) is 0 Å². The lowest BCUT2D eigenvalue weighted by Crippen LogP contribution is -2.66. The lowest BCUT2D eigenvalue weighted by Gasteiger charge is -2.62. The largest absolute Gasteiger partial charge is 0.456 e. The number of benzene rings is 10. The molecule has 0 unspecified atom stereocenters. The van der Waals surface area contributed by atoms with Crippen LogP contribution in [0.15, 0.2) is 218 Å². The fraction of sp³-hybridized carbons (Fsp3) is 0.189. The van der Waals surface area contributed by atoms with E-state index in [1.807, 2.05) is 0 Å². The molecule has 79 heavy (non-hydrogen) atoms. The third-order valence-electron chi connectivity index (χ3n) is 19.4. The van der Waals surface area contributed by atoms with Gasteiger partial charge < -0.3 is 18.8 Å². The van der Waals surface area contributed by atoms with Crippen LogP contribution in [0.3, 0.4) is 0 Å². The summed E-state index contributed by atoms with van der Waals surface area (Å²) in [6.07, 6.45) is 7.77. The van der Waals surface area contributed by atoms with Crippen molar-refractivity contribution in [1.29, 1.82) is 0 Å². The standard InChI is InChI=1S/C74H60BN3O/c1-73(2,3)53-32-30-49(31-33-53)52-37-68-71-70(38-52)79-72-62(39-54(76-63-26-14-10-22-55(63)56-23-11-15-27-64(56)76)40-69(72)77-65-28-16-12-24-57(65)58-25-13-17-29-66(58)77)75(71)61-41-59(50-18-6-4-7-19-50)60(51-20-8-5-9-21-51)42-67(61)78(68)74-43-46-34-47(44-74)36-48(35-46)45-74/h4-33,37-42,46-48H,34-36,43-45H2,1-3H3. The van der Waals surface area contributed by atoms with Crippen molar-refractivity contribution >= 4 is 78.1 Å². The SMILES string of the molecule is CC(C)(C)c1ccc(-c2cc3c4c(c2)N(C25CC6CC(CC(C6)C2)C5)c2cc(-c5ccccc5)c(-c5ccccc5)cc2B4c2cc(-n4c5ccccc5c5ccccc54)cc(-n4c5ccccc5c5ccccc54)c2O3)cc1. The summed E-state index contributed by atoms with van der Waals surface area (Å²) in [6, 6.07) is 82.7. The van der Waals surface area contributed by atoms with Crippen LogP contribution >= 0.6 is 0 Å². The van der Waals surface area contributed by atoms with Crippen LogP contribution in [-0.2, 0) is 5.41 Å². The van der Waals surface area contributed by atoms with Gasteiger partial charge in [0, 0.05) is 44.1 Å². The molecule has 12 aromatic rings. The van der Waals surface area contributed by atoms with E-state index in [4.69, 9.17) is 4.74 Å². The second kappa shape index (κ2) is 16.7. The molecule has 4 nitrogen and oxygen atoms in total. The van der Waals surface area contributed by atoms with Crippen molar-refractivity contribution in [3.05, 3.63) is 224 Å². The predicted molar refractivity (Wildman–Crippen MR) is 331 cm³/mol. The first-order valence-corrected chi connectivity index (χ1v) is 28.9. The summed E-state index contributed by atoms with van der Waals surface area (Å²) in [5.74, 6) is 4.09. The van der Waals surface area contributed by atoms with Crippen LogP contribution in [0.4, 0.5) is 11.4 Å². The molecular weight excluding hydrogens is 958 g/mol. The van der Waals surface area contributed by atoms with E-state index in [-0.39, 0.29) is 17.7 Å². The molecule has 6 aliphatic rings. The van der Waals surface area contributed by atoms with Crippen LogP contribution in [0, 0.1) is 17.8 Å². The molecule has 0 spiro atoms. The van der Waals surface area contributed by atoms with Gasteiger partial charge in [-0.25, -0.2) is 0 Å². The van der Waals surface area contributed by atoms with Crippen molar-refractivity contribution in [2.45, 2.75) is 70.3 Å². The number of ether oxygens (including phenoxy) is 1. The van der Waals surface area contributed by atoms with Crippen molar-refractivity contribution in [2.75, 3.05) is 4.90 Å². The zero-order valence-corrected chi connectivity index (χ0v) is 45.1. The van der Waals surface area contributed by atoms with Gasteiger partial charge in [-0.1, -0.05) is 185 Å². The molecular formula is C74H60BN3O. The van der Waals surface area contributed by atoms with Crippen molar-refractivity contribution in [1.82, 2.24) is 9.13 Å². The molecule has 2 aliphatic heterocycles. The minimum absolute atomic E-state index is 0.0294. The average molecular weight is 1020 g/mol. The van der Waals surface area contributed by atoms with Gasteiger partial charge in [-0.05, 0) is 172 Å². The molecule has 4 heterocycles. The van der Waals surface area contributed by atoms with Gasteiger partial charge in [-0.3, -0.25) is 0 Å². The third kappa shape index (κ3) is 6.75. The first kappa shape index (κ1) is 45.5. The zero-order valence-electron chi connectivity index (χ0n) is 45.1. The lowest BCUT2D eigenvalue weighted by atomic mass is 9.33. The van der Waals surface area contributed by atoms with Gasteiger partial charge in [0.05, 0.1) is 27.8 Å². The number of hydrogen-bond donors (Lipinski definition) is 0. The number of fused-ring (bicyclic) bond motifs is 10. The molecule has 4 aliphatic carbocycles. The van der Waals surface area contributed by atoms with E-state index in [1.165, 1.54) is 138 Å². The molecule has 0 amide bonds. The molecule has 4 saturated carbocycles. The quantitative estimate of drug-likeness (QED) is 0.155. The second-order valence-electron chi connectivity index (χ2n) is 25.1. The summed E-state index contributed by atoms with van der Waals surface area (Å²) < 4.78 is 13.0. The van der Waals surface area contributed by atoms with Crippen molar-refractivity contribution in [2.24, 2.45) is 17.8 Å². The average Bonchev–Trinajstić information content (AvgIpc) is 4.12. The Labute approximate surface area is 462 Å². The van der Waals surface area contributed by atoms with Crippen LogP contribution in [0.25, 0.3) is 88.4 Å². The second-order valence-corrected chi connectivity index (χ2v) is 25.1. The highest BCUT2D eigenvalue weighted by molar-refractivity contribution is 6.99. The van der Waals surface area contributed by atoms with Crippen molar-refractivity contribution in [3.8, 4) is 56.3 Å². The molecule has 18 rings (SSSR count). The summed E-state index contributed by atoms with van der Waals surface area (Å²) in [4.78, 5) is 2.95. The maximum absolute atomic E-state index is 8.00. The molecule has 4 bridgehead atoms. The minimum atomic E-state index is -0.168. The molecule has 380 valence electrons. The lowest BCUT2D eigenvalue weighted by molar-refractivity contribution is 0.000634. The summed E-state index contributed by atoms with van der Waals surface area (Å²) in [5, 5.41) is 4.94. The number of nitrogens with zero attached hydrogens (tertiary/aromatic N) is 3. The molecule has 10 aromatic carbocycles. The highest BCUT2D eigenvalue weighted by Gasteiger charge is 2.57. The Hall–Kier alpha value is -8.54. The maximum Gasteiger partial charge on any atom is 0.256 e. The first-order chi connectivity index (χ1) is 38.7. The molecule has 0 atom stereocenters. The summed E-state index contributed by atoms with van der Waals surface area (Å²) >= 11 is 0. The Kier molecular flexibility index (Phi) is 9.64. The Balaban J connectivity index is 1.03. The van der Waals surface area contributed by atoms with Gasteiger partial charge >= 0.3 is 0 Å². The van der Waals surface area contributed by atoms with E-state index in [0.29, 0.717) is 0 Å². The molecule has 5 heteroatoms. The normalized spacial score (nSPS) is 19.8. The van der Waals surface area contributed by atoms with E-state index in [9.17, 15) is 0 Å². The fourth-order valence-electron chi connectivity index (χ4n) is 16.4. The van der Waals surface area contributed by atoms with Gasteiger partial charge in [0.1, 0.15) is 11.5 Å². The highest BCUT2D eigenvalue weighted by atomic mass is 16.5. The summed E-state index contributed by atoms with van der Waals surface area (Å²) in [7, 11) is 0. The Morgan fingerprint density at radius 1 is 0.430 bits per heavy atom. The van der Waals surface area contributed by atoms with E-state index in [0.717, 1.165) is 51.7 Å². The fourth-order valence-corrected chi connectivity index (χ4v) is 16.4. The summed E-state index contributed by atoms with van der Waals surface area (Å²) in [6.45, 7) is 6.77. The highest BCUT2D eigenvalue weighted by Crippen LogP contribution is 2.61. The Morgan fingerprint density at radius 3 is 1.46 bits per heavy atom. The predicted octanol–water partition coefficient (Wildman–Crippen LogP) is 17.2. The first-order valence-electron chi connectivity index (χ1n) is 28.9. The van der Waals surface area contributed by atoms with Gasteiger partial charge in [0.15, 0.2) is 0 Å². The van der Waals surface area contributed by atoms with Gasteiger partial charge in [0.2, 0.25) is 0 Å². The van der Waals surface area contributed by atoms with Crippen molar-refractivity contribution < 1.29 is 4.74 Å². The molecule has 0 radical (unpaired) electrons. The monoisotopic (exact) mass is 1020 g/mol. The van der Waals surface area contributed by atoms with Crippen LogP contribution in [0.2, 0.25) is 0 Å². The zero-order chi connectivity index (χ0) is 52.3. The molecule has 2 aromatic heterocycles. The molecule has 0 N–H and O–H groups in total. The van der Waals surface area contributed by atoms with Crippen LogP contribution in [-0.4, -0.2) is 21.4 Å². The number of aromatic nitrogens is 2. The topological polar surface area (TPSA) is 22.3 Å². The van der Waals surface area contributed by atoms with Gasteiger partial charge in [0.25, 0.3) is 6.71 Å². The van der Waals surface area contributed by atoms with Crippen LogP contribution in [0.5, 0.6) is 11.5 Å². The molecule has 4 fully saturated rings. The number of rotatable bonds is 6. The maximum atomic E-state index is 8.00. The minimum Gasteiger partial charge on any atom is -0.456 e. The Morgan fingerprint density at radius 2 is 0.924 bits per heavy atom. The van der Waals surface area contributed by atoms with E-state index in [2.05, 4.69) is 253 Å². The van der Waals surface area contributed by atoms with Crippen LogP contribution in [0.1, 0.15) is 64.9 Å². The Bertz CT molecular complexity index is 4340. The van der Waals surface area contributed by atoms with E-state index >= 15 is 0 Å². The number of hydrogen-bond acceptors (Lipinski definition) is 2. The van der Waals surface area contributed by atoms with Gasteiger partial charge in [-0.15, -0.1) is 0 Å². The smallest absolute Gasteiger partial charge is 0.256 e. The van der Waals surface area contributed by atoms with Crippen LogP contribution < -0.4 is 26.0 Å². The number of anilines is 2. The van der Waals surface area contributed by atoms with E-state index in [1.54, 1.807) is 0 Å². The number of para-hydroxylation sites is 4.